The summed E-state index contributed by atoms with van der Waals surface area (Å²) >= 11 is 0. The van der Waals surface area contributed by atoms with Crippen molar-refractivity contribution in [2.24, 2.45) is 0 Å². The van der Waals surface area contributed by atoms with E-state index in [1.54, 1.807) is 0 Å². The highest BCUT2D eigenvalue weighted by atomic mass is 16.2. The molecule has 2 atom stereocenters. The monoisotopic (exact) mass is 296 g/mol. The van der Waals surface area contributed by atoms with E-state index in [0.717, 1.165) is 18.4 Å². The first-order valence-electron chi connectivity index (χ1n) is 7.81. The van der Waals surface area contributed by atoms with Crippen molar-refractivity contribution >= 4 is 6.03 Å². The second kappa shape index (κ2) is 8.23. The molecule has 0 unspecified atom stereocenters. The molecule has 2 aromatic carbocycles. The fraction of sp³-hybridized carbons (Fsp3) is 0.316. The van der Waals surface area contributed by atoms with Crippen LogP contribution in [0.15, 0.2) is 60.7 Å². The zero-order valence-corrected chi connectivity index (χ0v) is 13.3. The zero-order valence-electron chi connectivity index (χ0n) is 13.3. The molecule has 0 aromatic heterocycles. The minimum absolute atomic E-state index is 0.00234. The minimum Gasteiger partial charge on any atom is -0.336 e. The Morgan fingerprint density at radius 1 is 0.909 bits per heavy atom. The first-order valence-corrected chi connectivity index (χ1v) is 7.81. The number of amides is 2. The molecule has 2 amide bonds. The first-order chi connectivity index (χ1) is 10.6. The Morgan fingerprint density at radius 3 is 2.14 bits per heavy atom. The average molecular weight is 296 g/mol. The molecule has 0 aliphatic carbocycles. The highest BCUT2D eigenvalue weighted by Crippen LogP contribution is 2.11. The predicted octanol–water partition coefficient (Wildman–Crippen LogP) is 4.07. The van der Waals surface area contributed by atoms with Gasteiger partial charge in [-0.3, -0.25) is 0 Å². The maximum absolute atomic E-state index is 12.0. The molecule has 0 bridgehead atoms. The van der Waals surface area contributed by atoms with E-state index >= 15 is 0 Å². The summed E-state index contributed by atoms with van der Waals surface area (Å²) in [5.74, 6) is 0. The smallest absolute Gasteiger partial charge is 0.315 e. The maximum atomic E-state index is 12.0. The average Bonchev–Trinajstić information content (AvgIpc) is 2.54. The predicted molar refractivity (Wildman–Crippen MR) is 90.7 cm³/mol. The molecule has 0 aliphatic rings. The molecule has 0 radical (unpaired) electrons. The van der Waals surface area contributed by atoms with E-state index in [0.29, 0.717) is 0 Å². The van der Waals surface area contributed by atoms with Crippen LogP contribution in [-0.4, -0.2) is 12.1 Å². The molecule has 2 rings (SSSR count). The van der Waals surface area contributed by atoms with Crippen LogP contribution in [-0.2, 0) is 6.42 Å². The van der Waals surface area contributed by atoms with Crippen LogP contribution in [0.2, 0.25) is 0 Å². The third-order valence-corrected chi connectivity index (χ3v) is 3.73. The molecule has 0 heterocycles. The fourth-order valence-electron chi connectivity index (χ4n) is 2.39. The quantitative estimate of drug-likeness (QED) is 0.829. The van der Waals surface area contributed by atoms with Gasteiger partial charge in [-0.15, -0.1) is 0 Å². The van der Waals surface area contributed by atoms with Gasteiger partial charge >= 0.3 is 6.03 Å². The Bertz CT molecular complexity index is 569. The second-order valence-electron chi connectivity index (χ2n) is 5.68. The van der Waals surface area contributed by atoms with Crippen molar-refractivity contribution in [2.75, 3.05) is 0 Å². The summed E-state index contributed by atoms with van der Waals surface area (Å²) in [7, 11) is 0. The van der Waals surface area contributed by atoms with Crippen molar-refractivity contribution in [1.82, 2.24) is 10.6 Å². The normalized spacial score (nSPS) is 13.2. The molecular weight excluding hydrogens is 272 g/mol. The van der Waals surface area contributed by atoms with Crippen LogP contribution in [0.5, 0.6) is 0 Å². The van der Waals surface area contributed by atoms with Gasteiger partial charge in [-0.25, -0.2) is 4.79 Å². The highest BCUT2D eigenvalue weighted by molar-refractivity contribution is 5.74. The minimum atomic E-state index is -0.114. The number of benzene rings is 2. The Morgan fingerprint density at radius 2 is 1.50 bits per heavy atom. The second-order valence-corrected chi connectivity index (χ2v) is 5.68. The molecular formula is C19H24N2O. The Hall–Kier alpha value is -2.29. The van der Waals surface area contributed by atoms with Gasteiger partial charge in [-0.1, -0.05) is 60.7 Å². The van der Waals surface area contributed by atoms with E-state index in [1.807, 2.05) is 62.4 Å². The summed E-state index contributed by atoms with van der Waals surface area (Å²) in [6, 6.07) is 20.3. The molecule has 0 saturated heterocycles. The lowest BCUT2D eigenvalue weighted by Crippen LogP contribution is -2.41. The van der Waals surface area contributed by atoms with Gasteiger partial charge in [0.15, 0.2) is 0 Å². The number of carbonyl (C=O) groups excluding carboxylic acids is 1. The molecule has 0 saturated carbocycles. The van der Waals surface area contributed by atoms with Gasteiger partial charge in [0.25, 0.3) is 0 Å². The molecule has 0 aliphatic heterocycles. The van der Waals surface area contributed by atoms with Gasteiger partial charge in [0, 0.05) is 6.04 Å². The molecule has 3 nitrogen and oxygen atoms in total. The highest BCUT2D eigenvalue weighted by Gasteiger charge is 2.11. The molecule has 0 fully saturated rings. The number of carbonyl (C=O) groups is 1. The van der Waals surface area contributed by atoms with Gasteiger partial charge in [0.2, 0.25) is 0 Å². The summed E-state index contributed by atoms with van der Waals surface area (Å²) in [5, 5.41) is 5.98. The number of aryl methyl sites for hydroxylation is 1. The topological polar surface area (TPSA) is 41.1 Å². The van der Waals surface area contributed by atoms with Crippen LogP contribution < -0.4 is 10.6 Å². The lowest BCUT2D eigenvalue weighted by molar-refractivity contribution is 0.234. The lowest BCUT2D eigenvalue weighted by atomic mass is 10.1. The van der Waals surface area contributed by atoms with Crippen molar-refractivity contribution in [1.29, 1.82) is 0 Å². The summed E-state index contributed by atoms with van der Waals surface area (Å²) < 4.78 is 0. The molecule has 2 N–H and O–H groups in total. The summed E-state index contributed by atoms with van der Waals surface area (Å²) in [5.41, 5.74) is 2.41. The van der Waals surface area contributed by atoms with Gasteiger partial charge in [-0.05, 0) is 37.8 Å². The van der Waals surface area contributed by atoms with Crippen molar-refractivity contribution in [2.45, 2.75) is 38.8 Å². The third kappa shape index (κ3) is 5.24. The van der Waals surface area contributed by atoms with Crippen LogP contribution in [0.25, 0.3) is 0 Å². The van der Waals surface area contributed by atoms with E-state index in [9.17, 15) is 4.79 Å². The Labute approximate surface area is 132 Å². The molecule has 22 heavy (non-hydrogen) atoms. The number of nitrogens with one attached hydrogen (secondary N) is 2. The SMILES string of the molecule is C[C@H](CCc1ccccc1)NC(=O)N[C@H](C)c1ccccc1. The largest absolute Gasteiger partial charge is 0.336 e. The first kappa shape index (κ1) is 16.1. The molecule has 2 aromatic rings. The van der Waals surface area contributed by atoms with Gasteiger partial charge < -0.3 is 10.6 Å². The third-order valence-electron chi connectivity index (χ3n) is 3.73. The van der Waals surface area contributed by atoms with E-state index < -0.39 is 0 Å². The number of urea groups is 1. The molecule has 3 heteroatoms. The van der Waals surface area contributed by atoms with E-state index in [2.05, 4.69) is 22.8 Å². The van der Waals surface area contributed by atoms with Crippen molar-refractivity contribution in [3.8, 4) is 0 Å². The summed E-state index contributed by atoms with van der Waals surface area (Å²) in [6.45, 7) is 4.03. The summed E-state index contributed by atoms with van der Waals surface area (Å²) in [4.78, 5) is 12.0. The van der Waals surface area contributed by atoms with Gasteiger partial charge in [0.1, 0.15) is 0 Å². The van der Waals surface area contributed by atoms with Crippen LogP contribution in [0.3, 0.4) is 0 Å². The van der Waals surface area contributed by atoms with Crippen LogP contribution in [0.4, 0.5) is 4.79 Å². The number of hydrogen-bond acceptors (Lipinski definition) is 1. The van der Waals surface area contributed by atoms with Crippen LogP contribution >= 0.6 is 0 Å². The van der Waals surface area contributed by atoms with Crippen molar-refractivity contribution in [3.63, 3.8) is 0 Å². The number of hydrogen-bond donors (Lipinski definition) is 2. The van der Waals surface area contributed by atoms with E-state index in [4.69, 9.17) is 0 Å². The Balaban J connectivity index is 1.74. The Kier molecular flexibility index (Phi) is 6.01. The van der Waals surface area contributed by atoms with Gasteiger partial charge in [-0.2, -0.15) is 0 Å². The molecule has 116 valence electrons. The van der Waals surface area contributed by atoms with Crippen LogP contribution in [0, 0.1) is 0 Å². The van der Waals surface area contributed by atoms with Crippen molar-refractivity contribution < 1.29 is 4.79 Å². The van der Waals surface area contributed by atoms with Crippen molar-refractivity contribution in [3.05, 3.63) is 71.8 Å². The van der Waals surface area contributed by atoms with E-state index in [1.165, 1.54) is 5.56 Å². The van der Waals surface area contributed by atoms with Gasteiger partial charge in [0.05, 0.1) is 6.04 Å². The van der Waals surface area contributed by atoms with Crippen LogP contribution in [0.1, 0.15) is 37.4 Å². The summed E-state index contributed by atoms with van der Waals surface area (Å²) in [6.07, 6.45) is 1.90. The lowest BCUT2D eigenvalue weighted by Gasteiger charge is -2.18. The standard InChI is InChI=1S/C19H24N2O/c1-15(13-14-17-9-5-3-6-10-17)20-19(22)21-16(2)18-11-7-4-8-12-18/h3-12,15-16H,13-14H2,1-2H3,(H2,20,21,22)/t15-,16-/m1/s1. The fourth-order valence-corrected chi connectivity index (χ4v) is 2.39. The zero-order chi connectivity index (χ0) is 15.8. The maximum Gasteiger partial charge on any atom is 0.315 e. The van der Waals surface area contributed by atoms with E-state index in [-0.39, 0.29) is 18.1 Å². The number of rotatable bonds is 6. The molecule has 0 spiro atoms.